The molecule has 0 saturated heterocycles. The van der Waals surface area contributed by atoms with Crippen LogP contribution >= 0.6 is 0 Å². The average Bonchev–Trinajstić information content (AvgIpc) is 1.64. The molecule has 0 bridgehead atoms. The predicted molar refractivity (Wildman–Crippen MR) is 29.4 cm³/mol. The summed E-state index contributed by atoms with van der Waals surface area (Å²) in [6, 6.07) is -1.20. The van der Waals surface area contributed by atoms with Crippen LogP contribution in [-0.2, 0) is 4.79 Å². The van der Waals surface area contributed by atoms with Gasteiger partial charge in [0.25, 0.3) is 0 Å². The minimum atomic E-state index is -1.40. The molecule has 0 aliphatic rings. The van der Waals surface area contributed by atoms with E-state index in [9.17, 15) is 14.8 Å². The fourth-order valence-corrected chi connectivity index (χ4v) is 0.437. The number of hydrogen-bond acceptors (Lipinski definition) is 4. The van der Waals surface area contributed by atoms with Crippen LogP contribution in [0.1, 0.15) is 13.8 Å². The van der Waals surface area contributed by atoms with Gasteiger partial charge in [0.05, 0.1) is 5.97 Å². The summed E-state index contributed by atoms with van der Waals surface area (Å²) in [6.45, 7) is 3.20. The third-order valence-electron chi connectivity index (χ3n) is 0.987. The van der Waals surface area contributed by atoms with Gasteiger partial charge < -0.3 is 9.90 Å². The molecule has 0 aliphatic heterocycles. The number of carboxylic acids is 1. The van der Waals surface area contributed by atoms with Crippen LogP contribution in [0.2, 0.25) is 0 Å². The third kappa shape index (κ3) is 3.98. The molecule has 0 rings (SSSR count). The third-order valence-corrected chi connectivity index (χ3v) is 0.987. The van der Waals surface area contributed by atoms with Gasteiger partial charge in [0.1, 0.15) is 6.04 Å². The molecule has 0 unspecified atom stereocenters. The van der Waals surface area contributed by atoms with E-state index in [0.29, 0.717) is 0 Å². The first-order valence-corrected chi connectivity index (χ1v) is 2.63. The Bertz CT molecular complexity index is 126. The maximum atomic E-state index is 9.97. The first-order chi connectivity index (χ1) is 4.09. The van der Waals surface area contributed by atoms with Crippen molar-refractivity contribution in [2.24, 2.45) is 11.1 Å². The van der Waals surface area contributed by atoms with E-state index < -0.39 is 12.0 Å². The summed E-state index contributed by atoms with van der Waals surface area (Å²) in [5.41, 5.74) is 0. The zero-order chi connectivity index (χ0) is 7.44. The van der Waals surface area contributed by atoms with Gasteiger partial charge in [0, 0.05) is 0 Å². The van der Waals surface area contributed by atoms with Crippen molar-refractivity contribution in [1.29, 1.82) is 0 Å². The Balaban J connectivity index is 0. The van der Waals surface area contributed by atoms with E-state index in [4.69, 9.17) is 0 Å². The van der Waals surface area contributed by atoms with Gasteiger partial charge in [-0.15, -0.1) is 0 Å². The molecule has 1 atom stereocenters. The molecule has 0 aromatic rings. The molecule has 0 aromatic heterocycles. The Morgan fingerprint density at radius 2 is 1.90 bits per heavy atom. The van der Waals surface area contributed by atoms with E-state index in [1.807, 2.05) is 0 Å². The van der Waals surface area contributed by atoms with E-state index in [1.165, 1.54) is 0 Å². The Labute approximate surface area is 81.3 Å². The summed E-state index contributed by atoms with van der Waals surface area (Å²) in [6.07, 6.45) is 0. The van der Waals surface area contributed by atoms with E-state index in [1.54, 1.807) is 13.8 Å². The van der Waals surface area contributed by atoms with Gasteiger partial charge in [0.15, 0.2) is 0 Å². The van der Waals surface area contributed by atoms with Gasteiger partial charge in [0.2, 0.25) is 0 Å². The Morgan fingerprint density at radius 1 is 1.50 bits per heavy atom. The van der Waals surface area contributed by atoms with Crippen LogP contribution in [0.3, 0.4) is 0 Å². The van der Waals surface area contributed by atoms with Crippen molar-refractivity contribution in [1.82, 2.24) is 0 Å². The molecule has 5 heteroatoms. The van der Waals surface area contributed by atoms with Crippen molar-refractivity contribution in [3.05, 3.63) is 4.91 Å². The second-order valence-corrected chi connectivity index (χ2v) is 2.11. The van der Waals surface area contributed by atoms with Crippen LogP contribution in [0, 0.1) is 10.8 Å². The van der Waals surface area contributed by atoms with Crippen molar-refractivity contribution in [3.63, 3.8) is 0 Å². The normalized spacial score (nSPS) is 11.9. The second kappa shape index (κ2) is 5.82. The summed E-state index contributed by atoms with van der Waals surface area (Å²) in [7, 11) is 0. The maximum Gasteiger partial charge on any atom is 1.00 e. The number of carboxylic acid groups (broad SMARTS) is 1. The first-order valence-electron chi connectivity index (χ1n) is 2.63. The van der Waals surface area contributed by atoms with Gasteiger partial charge in [-0.1, -0.05) is 19.0 Å². The Morgan fingerprint density at radius 3 is 1.90 bits per heavy atom. The van der Waals surface area contributed by atoms with Crippen LogP contribution in [0.25, 0.3) is 0 Å². The van der Waals surface area contributed by atoms with Gasteiger partial charge in [-0.3, -0.25) is 0 Å². The van der Waals surface area contributed by atoms with Crippen molar-refractivity contribution in [2.75, 3.05) is 0 Å². The minimum absolute atomic E-state index is 0. The maximum absolute atomic E-state index is 9.97. The largest absolute Gasteiger partial charge is 1.00 e. The Kier molecular flexibility index (Phi) is 7.41. The monoisotopic (exact) mass is 153 g/mol. The van der Waals surface area contributed by atoms with Crippen molar-refractivity contribution in [3.8, 4) is 0 Å². The SMILES string of the molecule is CC(C)[C@H](N=O)C(=O)[O-].[Na+]. The van der Waals surface area contributed by atoms with E-state index in [-0.39, 0.29) is 35.5 Å². The number of rotatable bonds is 3. The summed E-state index contributed by atoms with van der Waals surface area (Å²) in [4.78, 5) is 19.7. The molecule has 0 N–H and O–H groups in total. The molecule has 0 aromatic carbocycles. The smallest absolute Gasteiger partial charge is 0.548 e. The molecular weight excluding hydrogens is 145 g/mol. The van der Waals surface area contributed by atoms with Gasteiger partial charge in [-0.2, -0.15) is 4.91 Å². The number of carbonyl (C=O) groups is 1. The fraction of sp³-hybridized carbons (Fsp3) is 0.800. The standard InChI is InChI=1S/C5H9NO3.Na/c1-3(2)4(6-9)5(7)8;/h3-4H,1-2H3,(H,7,8);/q;+1/p-1/t4-;/m0./s1. The van der Waals surface area contributed by atoms with Crippen LogP contribution in [0.15, 0.2) is 5.18 Å². The summed E-state index contributed by atoms with van der Waals surface area (Å²) in [5, 5.41) is 12.3. The number of hydrogen-bond donors (Lipinski definition) is 0. The van der Waals surface area contributed by atoms with E-state index in [0.717, 1.165) is 0 Å². The minimum Gasteiger partial charge on any atom is -0.548 e. The van der Waals surface area contributed by atoms with Crippen LogP contribution in [-0.4, -0.2) is 12.0 Å². The van der Waals surface area contributed by atoms with Crippen molar-refractivity contribution in [2.45, 2.75) is 19.9 Å². The van der Waals surface area contributed by atoms with Gasteiger partial charge >= 0.3 is 29.6 Å². The summed E-state index contributed by atoms with van der Waals surface area (Å²) in [5.74, 6) is -1.69. The molecule has 10 heavy (non-hydrogen) atoms. The molecule has 0 heterocycles. The van der Waals surface area contributed by atoms with Crippen LogP contribution < -0.4 is 34.7 Å². The molecule has 0 fully saturated rings. The molecule has 0 radical (unpaired) electrons. The molecule has 0 amide bonds. The fourth-order valence-electron chi connectivity index (χ4n) is 0.437. The molecule has 52 valence electrons. The molecule has 4 nitrogen and oxygen atoms in total. The zero-order valence-electron chi connectivity index (χ0n) is 6.33. The first kappa shape index (κ1) is 12.7. The molecule has 0 spiro atoms. The summed E-state index contributed by atoms with van der Waals surface area (Å²) < 4.78 is 0. The number of aliphatic carboxylic acids is 1. The number of nitroso groups, excluding NO2 is 1. The van der Waals surface area contributed by atoms with E-state index >= 15 is 0 Å². The number of nitrogens with zero attached hydrogens (tertiary/aromatic N) is 1. The van der Waals surface area contributed by atoms with Crippen molar-refractivity contribution < 1.29 is 39.5 Å². The number of carbonyl (C=O) groups excluding carboxylic acids is 1. The van der Waals surface area contributed by atoms with Crippen molar-refractivity contribution >= 4 is 5.97 Å². The average molecular weight is 153 g/mol. The molecule has 0 saturated carbocycles. The summed E-state index contributed by atoms with van der Waals surface area (Å²) >= 11 is 0. The zero-order valence-corrected chi connectivity index (χ0v) is 8.33. The molecule has 0 aliphatic carbocycles. The Hall–Kier alpha value is 0.0700. The van der Waals surface area contributed by atoms with Crippen LogP contribution in [0.4, 0.5) is 0 Å². The van der Waals surface area contributed by atoms with Crippen LogP contribution in [0.5, 0.6) is 0 Å². The van der Waals surface area contributed by atoms with Gasteiger partial charge in [-0.05, 0) is 5.92 Å². The molecular formula is C5H8NNaO3. The quantitative estimate of drug-likeness (QED) is 0.312. The predicted octanol–water partition coefficient (Wildman–Crippen LogP) is -3.47. The van der Waals surface area contributed by atoms with E-state index in [2.05, 4.69) is 5.18 Å². The van der Waals surface area contributed by atoms with Gasteiger partial charge in [-0.25, -0.2) is 0 Å². The second-order valence-electron chi connectivity index (χ2n) is 2.11. The topological polar surface area (TPSA) is 69.6 Å².